The second-order valence-electron chi connectivity index (χ2n) is 10.0. The van der Waals surface area contributed by atoms with Crippen molar-refractivity contribution in [3.63, 3.8) is 0 Å². The zero-order valence-electron chi connectivity index (χ0n) is 16.1. The van der Waals surface area contributed by atoms with Gasteiger partial charge in [0.2, 0.25) is 0 Å². The zero-order chi connectivity index (χ0) is 20.0. The van der Waals surface area contributed by atoms with Crippen LogP contribution in [-0.2, 0) is 19.0 Å². The number of epoxide rings is 2. The maximum Gasteiger partial charge on any atom is 0.337 e. The van der Waals surface area contributed by atoms with Crippen LogP contribution in [0.4, 0.5) is 0 Å². The number of rotatable bonds is 1. The first-order chi connectivity index (χ1) is 13.1. The van der Waals surface area contributed by atoms with Crippen molar-refractivity contribution in [2.75, 3.05) is 6.61 Å². The van der Waals surface area contributed by atoms with E-state index in [1.54, 1.807) is 13.8 Å². The predicted octanol–water partition coefficient (Wildman–Crippen LogP) is -0.972. The Labute approximate surface area is 162 Å². The van der Waals surface area contributed by atoms with Crippen LogP contribution in [0.5, 0.6) is 0 Å². The molecule has 10 atom stereocenters. The Kier molecular flexibility index (Phi) is 2.96. The van der Waals surface area contributed by atoms with Gasteiger partial charge in [0.15, 0.2) is 5.60 Å². The van der Waals surface area contributed by atoms with Crippen LogP contribution in [0.2, 0.25) is 0 Å². The van der Waals surface area contributed by atoms with E-state index >= 15 is 0 Å². The van der Waals surface area contributed by atoms with E-state index in [1.165, 1.54) is 0 Å². The highest BCUT2D eigenvalue weighted by molar-refractivity contribution is 5.93. The molecule has 0 bridgehead atoms. The summed E-state index contributed by atoms with van der Waals surface area (Å²) in [7, 11) is 0. The van der Waals surface area contributed by atoms with Crippen LogP contribution in [0.3, 0.4) is 0 Å². The number of aliphatic hydroxyl groups excluding tert-OH is 3. The van der Waals surface area contributed by atoms with Crippen LogP contribution in [0.25, 0.3) is 0 Å². The number of carbonyl (C=O) groups excluding carboxylic acids is 1. The van der Waals surface area contributed by atoms with Gasteiger partial charge in [-0.15, -0.1) is 0 Å². The van der Waals surface area contributed by atoms with Gasteiger partial charge in [-0.3, -0.25) is 0 Å². The topological polar surface area (TPSA) is 132 Å². The number of esters is 1. The molecule has 0 aromatic heterocycles. The maximum absolute atomic E-state index is 12.1. The Morgan fingerprint density at radius 1 is 1.18 bits per heavy atom. The minimum absolute atomic E-state index is 0.118. The van der Waals surface area contributed by atoms with Crippen LogP contribution >= 0.6 is 0 Å². The summed E-state index contributed by atoms with van der Waals surface area (Å²) >= 11 is 0. The Morgan fingerprint density at radius 2 is 1.89 bits per heavy atom. The molecule has 28 heavy (non-hydrogen) atoms. The lowest BCUT2D eigenvalue weighted by Gasteiger charge is -2.57. The smallest absolute Gasteiger partial charge is 0.337 e. The molecule has 0 aromatic carbocycles. The van der Waals surface area contributed by atoms with Crippen molar-refractivity contribution in [1.29, 1.82) is 0 Å². The van der Waals surface area contributed by atoms with Gasteiger partial charge in [-0.25, -0.2) is 4.79 Å². The van der Waals surface area contributed by atoms with Crippen LogP contribution in [0.1, 0.15) is 33.6 Å². The van der Waals surface area contributed by atoms with Crippen molar-refractivity contribution in [1.82, 2.24) is 0 Å². The Hall–Kier alpha value is -1.03. The monoisotopic (exact) mass is 394 g/mol. The molecule has 3 heterocycles. The molecule has 3 unspecified atom stereocenters. The number of hydrogen-bond acceptors (Lipinski definition) is 8. The molecule has 0 aromatic rings. The zero-order valence-corrected chi connectivity index (χ0v) is 16.1. The summed E-state index contributed by atoms with van der Waals surface area (Å²) in [6.45, 7) is 5.64. The molecular weight excluding hydrogens is 368 g/mol. The Balaban J connectivity index is 1.51. The summed E-state index contributed by atoms with van der Waals surface area (Å²) in [6.07, 6.45) is -3.82. The molecule has 3 aliphatic carbocycles. The third-order valence-electron chi connectivity index (χ3n) is 8.89. The summed E-state index contributed by atoms with van der Waals surface area (Å²) in [4.78, 5) is 12.1. The summed E-state index contributed by atoms with van der Waals surface area (Å²) in [5, 5.41) is 44.3. The molecule has 0 radical (unpaired) electrons. The van der Waals surface area contributed by atoms with E-state index in [0.717, 1.165) is 5.57 Å². The Morgan fingerprint density at radius 3 is 2.57 bits per heavy atom. The SMILES string of the molecule is CC(C)[C@]1(O)[C@@H](O)[C@@H]2OC23C2(O[C@H]2C[C@H]2C4=C(C(=O)OC4)C(O)C[C@@]23C)[C@@H]1O. The largest absolute Gasteiger partial charge is 0.458 e. The fraction of sp³-hybridized carbons (Fsp3) is 0.850. The van der Waals surface area contributed by atoms with E-state index < -0.39 is 58.5 Å². The van der Waals surface area contributed by atoms with Crippen molar-refractivity contribution >= 4 is 5.97 Å². The number of aliphatic hydroxyl groups is 4. The van der Waals surface area contributed by atoms with Gasteiger partial charge in [0.1, 0.15) is 36.1 Å². The summed E-state index contributed by atoms with van der Waals surface area (Å²) in [5.41, 5.74) is -3.40. The molecular formula is C20H26O8. The second-order valence-corrected chi connectivity index (χ2v) is 10.0. The minimum Gasteiger partial charge on any atom is -0.458 e. The summed E-state index contributed by atoms with van der Waals surface area (Å²) in [6, 6.07) is 0. The third kappa shape index (κ3) is 1.46. The Bertz CT molecular complexity index is 838. The van der Waals surface area contributed by atoms with Crippen LogP contribution in [0.15, 0.2) is 11.1 Å². The molecule has 0 amide bonds. The summed E-state index contributed by atoms with van der Waals surface area (Å²) in [5.74, 6) is -0.994. The molecule has 2 saturated carbocycles. The van der Waals surface area contributed by atoms with E-state index in [-0.39, 0.29) is 25.0 Å². The maximum atomic E-state index is 12.1. The van der Waals surface area contributed by atoms with Gasteiger partial charge in [0.05, 0.1) is 17.8 Å². The highest BCUT2D eigenvalue weighted by atomic mass is 16.7. The van der Waals surface area contributed by atoms with E-state index in [4.69, 9.17) is 14.2 Å². The van der Waals surface area contributed by atoms with E-state index in [2.05, 4.69) is 0 Å². The van der Waals surface area contributed by atoms with Crippen LogP contribution in [-0.4, -0.2) is 80.3 Å². The average molecular weight is 394 g/mol. The van der Waals surface area contributed by atoms with Crippen molar-refractivity contribution < 1.29 is 39.4 Å². The first-order valence-corrected chi connectivity index (χ1v) is 10.1. The third-order valence-corrected chi connectivity index (χ3v) is 8.89. The van der Waals surface area contributed by atoms with E-state index in [1.807, 2.05) is 6.92 Å². The van der Waals surface area contributed by atoms with Crippen LogP contribution < -0.4 is 0 Å². The molecule has 4 N–H and O–H groups in total. The molecule has 4 fully saturated rings. The number of fused-ring (bicyclic) bond motifs is 2. The number of carbonyl (C=O) groups is 1. The van der Waals surface area contributed by atoms with E-state index in [9.17, 15) is 25.2 Å². The van der Waals surface area contributed by atoms with Gasteiger partial charge < -0.3 is 34.6 Å². The molecule has 8 heteroatoms. The van der Waals surface area contributed by atoms with Crippen LogP contribution in [0, 0.1) is 17.3 Å². The number of hydrogen-bond donors (Lipinski definition) is 4. The lowest BCUT2D eigenvalue weighted by Crippen LogP contribution is -2.76. The van der Waals surface area contributed by atoms with Gasteiger partial charge in [-0.1, -0.05) is 20.8 Å². The first kappa shape index (κ1) is 17.8. The quantitative estimate of drug-likeness (QED) is 0.330. The van der Waals surface area contributed by atoms with Gasteiger partial charge >= 0.3 is 5.97 Å². The molecule has 3 aliphatic heterocycles. The molecule has 154 valence electrons. The average Bonchev–Trinajstić information content (AvgIpc) is 3.50. The molecule has 6 aliphatic rings. The fourth-order valence-corrected chi connectivity index (χ4v) is 7.40. The van der Waals surface area contributed by atoms with Crippen molar-refractivity contribution in [3.05, 3.63) is 11.1 Å². The van der Waals surface area contributed by atoms with Gasteiger partial charge in [-0.05, 0) is 30.3 Å². The molecule has 6 rings (SSSR count). The standard InChI is InChI=1S/C20H26O8/c1-7(2)18(25)13(22)14-20(28-14)17(3)5-10(21)12-8(6-26-15(12)23)9(17)4-11-19(20,27-11)16(18)24/h7,9-11,13-14,16,21-22,24-25H,4-6H2,1-3H3/t9-,10?,11-,13-,14-,16+,17-,18-,19?,20?/m0/s1. The van der Waals surface area contributed by atoms with Crippen molar-refractivity contribution in [3.8, 4) is 0 Å². The van der Waals surface area contributed by atoms with E-state index in [0.29, 0.717) is 12.0 Å². The van der Waals surface area contributed by atoms with Gasteiger partial charge in [0.25, 0.3) is 0 Å². The molecule has 2 spiro atoms. The first-order valence-electron chi connectivity index (χ1n) is 10.1. The summed E-state index contributed by atoms with van der Waals surface area (Å²) < 4.78 is 17.5. The number of ether oxygens (including phenoxy) is 3. The van der Waals surface area contributed by atoms with Gasteiger partial charge in [-0.2, -0.15) is 0 Å². The normalized spacial score (nSPS) is 61.1. The molecule has 8 nitrogen and oxygen atoms in total. The fourth-order valence-electron chi connectivity index (χ4n) is 7.40. The molecule has 2 saturated heterocycles. The predicted molar refractivity (Wildman–Crippen MR) is 91.8 cm³/mol. The lowest BCUT2D eigenvalue weighted by atomic mass is 9.45. The highest BCUT2D eigenvalue weighted by Gasteiger charge is 2.96. The second kappa shape index (κ2) is 4.66. The number of cyclic esters (lactones) is 1. The van der Waals surface area contributed by atoms with Crippen molar-refractivity contribution in [2.24, 2.45) is 17.3 Å². The lowest BCUT2D eigenvalue weighted by molar-refractivity contribution is -0.224. The van der Waals surface area contributed by atoms with Crippen molar-refractivity contribution in [2.45, 2.75) is 80.9 Å². The minimum atomic E-state index is -1.74. The van der Waals surface area contributed by atoms with Gasteiger partial charge in [0, 0.05) is 5.41 Å². The highest BCUT2D eigenvalue weighted by Crippen LogP contribution is 2.79.